The molecular weight excluding hydrogens is 723 g/mol. The molecule has 11 aromatic rings. The van der Waals surface area contributed by atoms with Gasteiger partial charge >= 0.3 is 0 Å². The number of hydrogen-bond donors (Lipinski definition) is 0. The highest BCUT2D eigenvalue weighted by atomic mass is 32.1. The molecule has 0 radical (unpaired) electrons. The maximum absolute atomic E-state index is 6.56. The van der Waals surface area contributed by atoms with Crippen LogP contribution in [0.5, 0.6) is 0 Å². The smallest absolute Gasteiger partial charge is 0.143 e. The van der Waals surface area contributed by atoms with E-state index in [1.165, 1.54) is 70.2 Å². The SMILES string of the molecule is CC1(C)c2ccccc2-c2cccc(N(c3ccc(-c4ccc5sc6ccccc6c5c4)cc3)c3ccc(-c4cccc5oc6c7ccccc7ccc6c45)cc3)c21. The van der Waals surface area contributed by atoms with E-state index in [2.05, 4.69) is 207 Å². The van der Waals surface area contributed by atoms with Gasteiger partial charge in [0.1, 0.15) is 11.2 Å². The number of anilines is 3. The summed E-state index contributed by atoms with van der Waals surface area (Å²) in [6, 6.07) is 68.9. The normalized spacial score (nSPS) is 13.1. The van der Waals surface area contributed by atoms with E-state index in [1.807, 2.05) is 11.3 Å². The van der Waals surface area contributed by atoms with E-state index < -0.39 is 0 Å². The molecule has 0 atom stereocenters. The molecule has 3 heteroatoms. The van der Waals surface area contributed by atoms with E-state index in [4.69, 9.17) is 4.42 Å². The van der Waals surface area contributed by atoms with E-state index in [0.29, 0.717) is 0 Å². The third-order valence-electron chi connectivity index (χ3n) is 12.5. The molecule has 1 aliphatic carbocycles. The first-order valence-corrected chi connectivity index (χ1v) is 20.8. The summed E-state index contributed by atoms with van der Waals surface area (Å²) in [6.45, 7) is 4.74. The van der Waals surface area contributed by atoms with Crippen LogP contribution in [0, 0.1) is 0 Å². The lowest BCUT2D eigenvalue weighted by molar-refractivity contribution is 0.661. The van der Waals surface area contributed by atoms with E-state index >= 15 is 0 Å². The summed E-state index contributed by atoms with van der Waals surface area (Å²) in [5.41, 5.74) is 15.2. The zero-order valence-corrected chi connectivity index (χ0v) is 33.0. The van der Waals surface area contributed by atoms with Crippen LogP contribution < -0.4 is 4.90 Å². The second kappa shape index (κ2) is 12.5. The van der Waals surface area contributed by atoms with Crippen molar-refractivity contribution in [1.82, 2.24) is 0 Å². The first-order chi connectivity index (χ1) is 28.5. The van der Waals surface area contributed by atoms with Crippen molar-refractivity contribution >= 4 is 81.3 Å². The fourth-order valence-electron chi connectivity index (χ4n) is 9.73. The summed E-state index contributed by atoms with van der Waals surface area (Å²) in [7, 11) is 0. The van der Waals surface area contributed by atoms with Crippen molar-refractivity contribution in [2.24, 2.45) is 0 Å². The Morgan fingerprint density at radius 1 is 0.466 bits per heavy atom. The monoisotopic (exact) mass is 759 g/mol. The molecule has 12 rings (SSSR count). The Morgan fingerprint density at radius 2 is 1.12 bits per heavy atom. The lowest BCUT2D eigenvalue weighted by Crippen LogP contribution is -2.20. The second-order valence-corrected chi connectivity index (χ2v) is 17.1. The third kappa shape index (κ3) is 4.90. The van der Waals surface area contributed by atoms with Gasteiger partial charge in [0.2, 0.25) is 0 Å². The molecule has 0 saturated carbocycles. The Bertz CT molecular complexity index is 3420. The molecule has 2 aromatic heterocycles. The molecule has 9 aromatic carbocycles. The van der Waals surface area contributed by atoms with E-state index in [0.717, 1.165) is 44.3 Å². The van der Waals surface area contributed by atoms with Crippen LogP contribution in [0.2, 0.25) is 0 Å². The van der Waals surface area contributed by atoms with Gasteiger partial charge < -0.3 is 9.32 Å². The highest BCUT2D eigenvalue weighted by Gasteiger charge is 2.38. The van der Waals surface area contributed by atoms with Crippen molar-refractivity contribution < 1.29 is 4.42 Å². The van der Waals surface area contributed by atoms with Crippen molar-refractivity contribution in [2.75, 3.05) is 4.90 Å². The second-order valence-electron chi connectivity index (χ2n) is 16.1. The molecule has 0 aliphatic heterocycles. The summed E-state index contributed by atoms with van der Waals surface area (Å²) in [4.78, 5) is 2.45. The molecule has 0 spiro atoms. The minimum absolute atomic E-state index is 0.179. The van der Waals surface area contributed by atoms with Crippen LogP contribution in [0.15, 0.2) is 192 Å². The van der Waals surface area contributed by atoms with Crippen LogP contribution in [0.4, 0.5) is 17.1 Å². The minimum Gasteiger partial charge on any atom is -0.455 e. The number of rotatable bonds is 5. The maximum Gasteiger partial charge on any atom is 0.143 e. The maximum atomic E-state index is 6.56. The number of nitrogens with zero attached hydrogens (tertiary/aromatic N) is 1. The van der Waals surface area contributed by atoms with Crippen LogP contribution >= 0.6 is 11.3 Å². The van der Waals surface area contributed by atoms with Gasteiger partial charge in [0.15, 0.2) is 0 Å². The van der Waals surface area contributed by atoms with Crippen LogP contribution in [0.25, 0.3) is 86.3 Å². The van der Waals surface area contributed by atoms with Gasteiger partial charge in [-0.15, -0.1) is 11.3 Å². The average molecular weight is 760 g/mol. The zero-order valence-electron chi connectivity index (χ0n) is 32.2. The highest BCUT2D eigenvalue weighted by Crippen LogP contribution is 2.54. The molecule has 0 unspecified atom stereocenters. The molecule has 1 aliphatic rings. The van der Waals surface area contributed by atoms with Crippen molar-refractivity contribution in [3.63, 3.8) is 0 Å². The number of fused-ring (bicyclic) bond motifs is 11. The number of thiophene rings is 1. The Kier molecular flexibility index (Phi) is 7.18. The van der Waals surface area contributed by atoms with Crippen LogP contribution in [-0.4, -0.2) is 0 Å². The zero-order chi connectivity index (χ0) is 38.5. The minimum atomic E-state index is -0.179. The highest BCUT2D eigenvalue weighted by molar-refractivity contribution is 7.25. The van der Waals surface area contributed by atoms with E-state index in [9.17, 15) is 0 Å². The standard InChI is InChI=1S/C55H37NOS/c1-55(2)47-17-7-5-13-42(47)44-16-9-18-48(53(44)55)56(38-27-21-34(22-28-38)37-26-32-51-46(33-37)43-14-6-8-20-50(43)58-51)39-29-23-36(24-30-39)40-15-10-19-49-52(40)45-31-25-35-11-3-4-12-41(35)54(45)57-49/h3-33H,1-2H3. The Balaban J connectivity index is 0.998. The Morgan fingerprint density at radius 3 is 1.97 bits per heavy atom. The Hall–Kier alpha value is -6.94. The van der Waals surface area contributed by atoms with Gasteiger partial charge in [0, 0.05) is 53.1 Å². The quantitative estimate of drug-likeness (QED) is 0.174. The lowest BCUT2D eigenvalue weighted by atomic mass is 9.81. The number of furan rings is 1. The molecule has 2 heterocycles. The van der Waals surface area contributed by atoms with Gasteiger partial charge in [0.25, 0.3) is 0 Å². The third-order valence-corrected chi connectivity index (χ3v) is 13.6. The van der Waals surface area contributed by atoms with Gasteiger partial charge in [-0.1, -0.05) is 141 Å². The molecule has 0 fully saturated rings. The molecule has 0 saturated heterocycles. The first-order valence-electron chi connectivity index (χ1n) is 20.0. The molecular formula is C55H37NOS. The summed E-state index contributed by atoms with van der Waals surface area (Å²) in [5.74, 6) is 0. The van der Waals surface area contributed by atoms with E-state index in [-0.39, 0.29) is 5.41 Å². The number of hydrogen-bond acceptors (Lipinski definition) is 3. The van der Waals surface area contributed by atoms with Crippen molar-refractivity contribution in [1.29, 1.82) is 0 Å². The molecule has 0 N–H and O–H groups in total. The van der Waals surface area contributed by atoms with Crippen molar-refractivity contribution in [3.8, 4) is 33.4 Å². The fourth-order valence-corrected chi connectivity index (χ4v) is 10.8. The topological polar surface area (TPSA) is 16.4 Å². The molecule has 2 nitrogen and oxygen atoms in total. The van der Waals surface area contributed by atoms with Crippen LogP contribution in [0.3, 0.4) is 0 Å². The number of benzene rings is 9. The van der Waals surface area contributed by atoms with Gasteiger partial charge in [-0.05, 0) is 111 Å². The van der Waals surface area contributed by atoms with Crippen LogP contribution in [-0.2, 0) is 5.41 Å². The van der Waals surface area contributed by atoms with E-state index in [1.54, 1.807) is 0 Å². The lowest BCUT2D eigenvalue weighted by Gasteiger charge is -2.32. The molecule has 274 valence electrons. The van der Waals surface area contributed by atoms with Gasteiger partial charge in [0.05, 0.1) is 5.69 Å². The van der Waals surface area contributed by atoms with Gasteiger partial charge in [-0.2, -0.15) is 0 Å². The molecule has 58 heavy (non-hydrogen) atoms. The average Bonchev–Trinajstić information content (AvgIpc) is 3.92. The van der Waals surface area contributed by atoms with Gasteiger partial charge in [-0.3, -0.25) is 0 Å². The Labute approximate surface area is 340 Å². The summed E-state index contributed by atoms with van der Waals surface area (Å²) >= 11 is 1.86. The van der Waals surface area contributed by atoms with Crippen molar-refractivity contribution in [3.05, 3.63) is 199 Å². The van der Waals surface area contributed by atoms with Gasteiger partial charge in [-0.25, -0.2) is 0 Å². The summed E-state index contributed by atoms with van der Waals surface area (Å²) in [5, 5.41) is 7.26. The van der Waals surface area contributed by atoms with Crippen molar-refractivity contribution in [2.45, 2.75) is 19.3 Å². The molecule has 0 bridgehead atoms. The summed E-state index contributed by atoms with van der Waals surface area (Å²) in [6.07, 6.45) is 0. The van der Waals surface area contributed by atoms with Crippen LogP contribution in [0.1, 0.15) is 25.0 Å². The largest absolute Gasteiger partial charge is 0.455 e. The summed E-state index contributed by atoms with van der Waals surface area (Å²) < 4.78 is 9.22. The fraction of sp³-hybridized carbons (Fsp3) is 0.0545. The predicted octanol–water partition coefficient (Wildman–Crippen LogP) is 16.2. The first kappa shape index (κ1) is 33.2. The predicted molar refractivity (Wildman–Crippen MR) is 247 cm³/mol. The molecule has 0 amide bonds.